The van der Waals surface area contributed by atoms with Crippen LogP contribution in [0.2, 0.25) is 0 Å². The summed E-state index contributed by atoms with van der Waals surface area (Å²) in [5.74, 6) is -0.702. The van der Waals surface area contributed by atoms with Crippen LogP contribution in [0.4, 0.5) is 4.39 Å². The monoisotopic (exact) mass is 327 g/mol. The van der Waals surface area contributed by atoms with Gasteiger partial charge in [-0.05, 0) is 43.8 Å². The Hall–Kier alpha value is -2.73. The highest BCUT2D eigenvalue weighted by atomic mass is 19.1. The maximum absolute atomic E-state index is 13.0. The summed E-state index contributed by atoms with van der Waals surface area (Å²) in [7, 11) is 1.90. The Morgan fingerprint density at radius 3 is 2.46 bits per heavy atom. The number of aromatic nitrogens is 2. The van der Waals surface area contributed by atoms with Crippen molar-refractivity contribution in [3.05, 3.63) is 76.0 Å². The highest BCUT2D eigenvalue weighted by Gasteiger charge is 2.12. The maximum Gasteiger partial charge on any atom is 0.438 e. The highest BCUT2D eigenvalue weighted by molar-refractivity contribution is 5.51. The molecule has 0 unspecified atom stereocenters. The molecular formula is C18H18FN3O2. The van der Waals surface area contributed by atoms with E-state index in [1.807, 2.05) is 18.9 Å². The van der Waals surface area contributed by atoms with E-state index in [1.54, 1.807) is 0 Å². The Morgan fingerprint density at radius 1 is 1.12 bits per heavy atom. The van der Waals surface area contributed by atoms with Crippen molar-refractivity contribution in [2.75, 3.05) is 7.05 Å². The fourth-order valence-corrected chi connectivity index (χ4v) is 2.39. The van der Waals surface area contributed by atoms with Crippen molar-refractivity contribution in [3.8, 4) is 11.5 Å². The van der Waals surface area contributed by atoms with Crippen LogP contribution in [0.15, 0.2) is 57.7 Å². The molecule has 0 aliphatic rings. The molecule has 0 atom stereocenters. The minimum Gasteiger partial charge on any atom is -0.388 e. The van der Waals surface area contributed by atoms with E-state index in [9.17, 15) is 9.18 Å². The third kappa shape index (κ3) is 3.78. The van der Waals surface area contributed by atoms with E-state index < -0.39 is 5.76 Å². The SMILES string of the molecule is Cc1ccc(CN(C)Cn2nc(-c3ccc(F)cc3)oc2=O)cc1. The molecule has 5 nitrogen and oxygen atoms in total. The van der Waals surface area contributed by atoms with Gasteiger partial charge in [0.15, 0.2) is 0 Å². The number of hydrogen-bond donors (Lipinski definition) is 0. The molecule has 6 heteroatoms. The zero-order valence-corrected chi connectivity index (χ0v) is 13.6. The first-order valence-corrected chi connectivity index (χ1v) is 7.59. The number of nitrogens with zero attached hydrogens (tertiary/aromatic N) is 3. The quantitative estimate of drug-likeness (QED) is 0.723. The molecule has 0 aliphatic carbocycles. The van der Waals surface area contributed by atoms with Crippen molar-refractivity contribution < 1.29 is 8.81 Å². The number of benzene rings is 2. The van der Waals surface area contributed by atoms with Crippen LogP contribution in [-0.4, -0.2) is 21.7 Å². The lowest BCUT2D eigenvalue weighted by Gasteiger charge is -2.15. The molecule has 0 fully saturated rings. The van der Waals surface area contributed by atoms with E-state index in [0.717, 1.165) is 5.56 Å². The van der Waals surface area contributed by atoms with Gasteiger partial charge >= 0.3 is 5.76 Å². The van der Waals surface area contributed by atoms with E-state index >= 15 is 0 Å². The van der Waals surface area contributed by atoms with Gasteiger partial charge in [-0.25, -0.2) is 9.18 Å². The van der Waals surface area contributed by atoms with E-state index in [2.05, 4.69) is 29.4 Å². The minimum atomic E-state index is -0.537. The second kappa shape index (κ2) is 6.80. The molecule has 0 saturated carbocycles. The first-order chi connectivity index (χ1) is 11.5. The Kier molecular flexibility index (Phi) is 4.57. The van der Waals surface area contributed by atoms with Gasteiger partial charge < -0.3 is 4.42 Å². The van der Waals surface area contributed by atoms with Gasteiger partial charge in [-0.3, -0.25) is 4.90 Å². The second-order valence-corrected chi connectivity index (χ2v) is 5.82. The van der Waals surface area contributed by atoms with Crippen LogP contribution in [-0.2, 0) is 13.2 Å². The van der Waals surface area contributed by atoms with Crippen LogP contribution >= 0.6 is 0 Å². The Morgan fingerprint density at radius 2 is 1.79 bits per heavy atom. The average Bonchev–Trinajstić information content (AvgIpc) is 2.91. The lowest BCUT2D eigenvalue weighted by Crippen LogP contribution is -2.28. The predicted molar refractivity (Wildman–Crippen MR) is 88.8 cm³/mol. The normalized spacial score (nSPS) is 11.2. The summed E-state index contributed by atoms with van der Waals surface area (Å²) in [5, 5.41) is 4.18. The van der Waals surface area contributed by atoms with Gasteiger partial charge in [0.2, 0.25) is 5.89 Å². The molecular weight excluding hydrogens is 309 g/mol. The van der Waals surface area contributed by atoms with Gasteiger partial charge in [0.1, 0.15) is 12.5 Å². The standard InChI is InChI=1S/C18H18FN3O2/c1-13-3-5-14(6-4-13)11-21(2)12-22-18(23)24-17(20-22)15-7-9-16(19)10-8-15/h3-10H,11-12H2,1-2H3. The third-order valence-corrected chi connectivity index (χ3v) is 3.65. The van der Waals surface area contributed by atoms with E-state index in [4.69, 9.17) is 4.42 Å². The zero-order valence-electron chi connectivity index (χ0n) is 13.6. The van der Waals surface area contributed by atoms with Crippen LogP contribution < -0.4 is 5.76 Å². The fraction of sp³-hybridized carbons (Fsp3) is 0.222. The molecule has 0 radical (unpaired) electrons. The summed E-state index contributed by atoms with van der Waals surface area (Å²) >= 11 is 0. The predicted octanol–water partition coefficient (Wildman–Crippen LogP) is 3.04. The molecule has 1 heterocycles. The minimum absolute atomic E-state index is 0.184. The van der Waals surface area contributed by atoms with Crippen molar-refractivity contribution in [1.29, 1.82) is 0 Å². The summed E-state index contributed by atoms with van der Waals surface area (Å²) < 4.78 is 19.4. The largest absolute Gasteiger partial charge is 0.438 e. The van der Waals surface area contributed by atoms with Gasteiger partial charge in [-0.2, -0.15) is 4.68 Å². The summed E-state index contributed by atoms with van der Waals surface area (Å²) in [6.45, 7) is 3.03. The summed E-state index contributed by atoms with van der Waals surface area (Å²) in [4.78, 5) is 13.9. The summed E-state index contributed by atoms with van der Waals surface area (Å²) in [5.41, 5.74) is 2.92. The van der Waals surface area contributed by atoms with E-state index in [1.165, 1.54) is 34.5 Å². The maximum atomic E-state index is 13.0. The molecule has 0 saturated heterocycles. The molecule has 2 aromatic carbocycles. The average molecular weight is 327 g/mol. The first kappa shape index (κ1) is 16.1. The summed E-state index contributed by atoms with van der Waals surface area (Å²) in [6.07, 6.45) is 0. The number of hydrogen-bond acceptors (Lipinski definition) is 4. The lowest BCUT2D eigenvalue weighted by atomic mass is 10.1. The van der Waals surface area contributed by atoms with Crippen LogP contribution in [0.3, 0.4) is 0 Å². The molecule has 0 amide bonds. The van der Waals surface area contributed by atoms with Gasteiger partial charge in [0.25, 0.3) is 0 Å². The Labute approximate surface area is 139 Å². The number of aryl methyl sites for hydroxylation is 1. The fourth-order valence-electron chi connectivity index (χ4n) is 2.39. The molecule has 1 aromatic heterocycles. The van der Waals surface area contributed by atoms with Crippen molar-refractivity contribution in [2.45, 2.75) is 20.1 Å². The molecule has 124 valence electrons. The van der Waals surface area contributed by atoms with E-state index in [-0.39, 0.29) is 11.7 Å². The molecule has 0 N–H and O–H groups in total. The molecule has 3 aromatic rings. The van der Waals surface area contributed by atoms with Crippen molar-refractivity contribution in [1.82, 2.24) is 14.7 Å². The molecule has 24 heavy (non-hydrogen) atoms. The zero-order chi connectivity index (χ0) is 17.1. The van der Waals surface area contributed by atoms with Crippen LogP contribution in [0.5, 0.6) is 0 Å². The summed E-state index contributed by atoms with van der Waals surface area (Å²) in [6, 6.07) is 13.9. The first-order valence-electron chi connectivity index (χ1n) is 7.59. The van der Waals surface area contributed by atoms with Gasteiger partial charge in [0, 0.05) is 12.1 Å². The molecule has 0 bridgehead atoms. The highest BCUT2D eigenvalue weighted by Crippen LogP contribution is 2.15. The number of halogens is 1. The Balaban J connectivity index is 1.72. The van der Waals surface area contributed by atoms with E-state index in [0.29, 0.717) is 18.8 Å². The topological polar surface area (TPSA) is 51.3 Å². The van der Waals surface area contributed by atoms with Crippen LogP contribution in [0.25, 0.3) is 11.5 Å². The van der Waals surface area contributed by atoms with Gasteiger partial charge in [-0.15, -0.1) is 5.10 Å². The molecule has 0 spiro atoms. The van der Waals surface area contributed by atoms with Crippen molar-refractivity contribution in [3.63, 3.8) is 0 Å². The number of rotatable bonds is 5. The van der Waals surface area contributed by atoms with Crippen molar-refractivity contribution in [2.24, 2.45) is 0 Å². The smallest absolute Gasteiger partial charge is 0.388 e. The van der Waals surface area contributed by atoms with Gasteiger partial charge in [-0.1, -0.05) is 29.8 Å². The Bertz CT molecular complexity index is 867. The van der Waals surface area contributed by atoms with Crippen molar-refractivity contribution >= 4 is 0 Å². The molecule has 0 aliphatic heterocycles. The molecule has 3 rings (SSSR count). The van der Waals surface area contributed by atoms with Gasteiger partial charge in [0.05, 0.1) is 0 Å². The second-order valence-electron chi connectivity index (χ2n) is 5.82. The lowest BCUT2D eigenvalue weighted by molar-refractivity contribution is 0.237. The third-order valence-electron chi connectivity index (χ3n) is 3.65. The van der Waals surface area contributed by atoms with Crippen LogP contribution in [0.1, 0.15) is 11.1 Å². The van der Waals surface area contributed by atoms with Crippen LogP contribution in [0, 0.1) is 12.7 Å².